The van der Waals surface area contributed by atoms with Crippen LogP contribution in [0.15, 0.2) is 24.3 Å². The van der Waals surface area contributed by atoms with Crippen LogP contribution in [-0.4, -0.2) is 30.5 Å². The van der Waals surface area contributed by atoms with Gasteiger partial charge in [-0.1, -0.05) is 12.1 Å². The molecule has 29 heavy (non-hydrogen) atoms. The second-order valence-electron chi connectivity index (χ2n) is 6.98. The Morgan fingerprint density at radius 1 is 1.28 bits per heavy atom. The normalized spacial score (nSPS) is 17.4. The van der Waals surface area contributed by atoms with Crippen LogP contribution in [0.3, 0.4) is 0 Å². The first kappa shape index (κ1) is 19.4. The molecule has 0 saturated heterocycles. The quantitative estimate of drug-likeness (QED) is 0.730. The maximum Gasteiger partial charge on any atom is 0.341 e. The largest absolute Gasteiger partial charge is 0.478 e. The molecule has 2 aromatic rings. The monoisotopic (exact) mass is 414 g/mol. The van der Waals surface area contributed by atoms with E-state index >= 15 is 0 Å². The predicted molar refractivity (Wildman–Crippen MR) is 110 cm³/mol. The molecule has 0 bridgehead atoms. The van der Waals surface area contributed by atoms with E-state index in [2.05, 4.69) is 10.6 Å². The molecule has 1 unspecified atom stereocenters. The summed E-state index contributed by atoms with van der Waals surface area (Å²) >= 11 is 1.42. The summed E-state index contributed by atoms with van der Waals surface area (Å²) in [6.07, 6.45) is 2.71. The van der Waals surface area contributed by atoms with E-state index in [-0.39, 0.29) is 24.8 Å². The van der Waals surface area contributed by atoms with Crippen molar-refractivity contribution in [3.63, 3.8) is 0 Å². The summed E-state index contributed by atoms with van der Waals surface area (Å²) in [6.45, 7) is 2.03. The Kier molecular flexibility index (Phi) is 5.53. The summed E-state index contributed by atoms with van der Waals surface area (Å²) in [7, 11) is 0. The number of esters is 1. The molecule has 8 heteroatoms. The van der Waals surface area contributed by atoms with Crippen LogP contribution in [0.2, 0.25) is 0 Å². The molecule has 1 atom stereocenters. The molecule has 2 N–H and O–H groups in total. The van der Waals surface area contributed by atoms with E-state index in [1.807, 2.05) is 0 Å². The van der Waals surface area contributed by atoms with Gasteiger partial charge in [-0.3, -0.25) is 9.59 Å². The Morgan fingerprint density at radius 2 is 2.07 bits per heavy atom. The predicted octanol–water partition coefficient (Wildman–Crippen LogP) is 3.53. The molecule has 4 rings (SSSR count). The lowest BCUT2D eigenvalue weighted by molar-refractivity contribution is -0.128. The molecule has 1 aliphatic carbocycles. The molecule has 1 aromatic carbocycles. The number of amides is 2. The summed E-state index contributed by atoms with van der Waals surface area (Å²) in [5.41, 5.74) is 2.03. The minimum atomic E-state index is -0.925. The number of carbonyl (C=O) groups is 3. The van der Waals surface area contributed by atoms with Gasteiger partial charge >= 0.3 is 5.97 Å². The van der Waals surface area contributed by atoms with Crippen molar-refractivity contribution in [2.24, 2.45) is 0 Å². The number of rotatable bonds is 5. The van der Waals surface area contributed by atoms with E-state index in [1.54, 1.807) is 31.2 Å². The molecule has 1 aliphatic heterocycles. The van der Waals surface area contributed by atoms with Crippen LogP contribution >= 0.6 is 11.3 Å². The van der Waals surface area contributed by atoms with Crippen LogP contribution in [0.4, 0.5) is 10.7 Å². The molecular formula is C21H22N2O5S. The van der Waals surface area contributed by atoms with Crippen molar-refractivity contribution in [1.29, 1.82) is 0 Å². The van der Waals surface area contributed by atoms with Gasteiger partial charge < -0.3 is 20.1 Å². The number of para-hydroxylation sites is 2. The highest BCUT2D eigenvalue weighted by atomic mass is 32.1. The van der Waals surface area contributed by atoms with Crippen molar-refractivity contribution >= 4 is 39.8 Å². The Hall–Kier alpha value is -2.87. The van der Waals surface area contributed by atoms with Crippen LogP contribution in [0, 0.1) is 0 Å². The molecule has 2 heterocycles. The Labute approximate surface area is 172 Å². The molecule has 2 amide bonds. The van der Waals surface area contributed by atoms with Crippen molar-refractivity contribution < 1.29 is 23.9 Å². The molecule has 0 radical (unpaired) electrons. The number of carbonyl (C=O) groups excluding carboxylic acids is 3. The first-order valence-electron chi connectivity index (χ1n) is 9.75. The SMILES string of the molecule is CCOC(=O)c1c(NC(=O)CC2Oc3ccccc3NC2=O)sc2c1CCCC2. The molecule has 7 nitrogen and oxygen atoms in total. The lowest BCUT2D eigenvalue weighted by Gasteiger charge is -2.25. The van der Waals surface area contributed by atoms with Crippen molar-refractivity contribution in [3.8, 4) is 5.75 Å². The van der Waals surface area contributed by atoms with Crippen molar-refractivity contribution in [1.82, 2.24) is 0 Å². The van der Waals surface area contributed by atoms with Gasteiger partial charge in [0.2, 0.25) is 5.91 Å². The maximum absolute atomic E-state index is 12.7. The topological polar surface area (TPSA) is 93.7 Å². The van der Waals surface area contributed by atoms with Crippen LogP contribution in [0.5, 0.6) is 5.75 Å². The highest BCUT2D eigenvalue weighted by Gasteiger charge is 2.31. The number of nitrogens with one attached hydrogen (secondary N) is 2. The average molecular weight is 414 g/mol. The minimum Gasteiger partial charge on any atom is -0.478 e. The number of aryl methyl sites for hydroxylation is 1. The summed E-state index contributed by atoms with van der Waals surface area (Å²) in [5, 5.41) is 6.06. The Balaban J connectivity index is 1.51. The third-order valence-corrected chi connectivity index (χ3v) is 6.19. The first-order chi connectivity index (χ1) is 14.1. The fourth-order valence-electron chi connectivity index (χ4n) is 3.65. The maximum atomic E-state index is 12.7. The second-order valence-corrected chi connectivity index (χ2v) is 8.08. The van der Waals surface area contributed by atoms with E-state index < -0.39 is 12.1 Å². The van der Waals surface area contributed by atoms with Crippen molar-refractivity contribution in [2.45, 2.75) is 45.1 Å². The fourth-order valence-corrected chi connectivity index (χ4v) is 4.94. The molecule has 1 aromatic heterocycles. The van der Waals surface area contributed by atoms with Gasteiger partial charge in [-0.05, 0) is 50.3 Å². The van der Waals surface area contributed by atoms with Gasteiger partial charge in [0.15, 0.2) is 6.10 Å². The van der Waals surface area contributed by atoms with Gasteiger partial charge in [0.1, 0.15) is 10.8 Å². The summed E-state index contributed by atoms with van der Waals surface area (Å²) in [5.74, 6) is -0.630. The standard InChI is InChI=1S/C21H22N2O5S/c1-2-27-21(26)18-12-7-3-6-10-16(12)29-20(18)23-17(24)11-15-19(25)22-13-8-4-5-9-14(13)28-15/h4-5,8-9,15H,2-3,6-7,10-11H2,1H3,(H,22,25)(H,23,24). The van der Waals surface area contributed by atoms with Gasteiger partial charge in [0, 0.05) is 4.88 Å². The van der Waals surface area contributed by atoms with E-state index in [9.17, 15) is 14.4 Å². The number of thiophene rings is 1. The van der Waals surface area contributed by atoms with E-state index in [4.69, 9.17) is 9.47 Å². The summed E-state index contributed by atoms with van der Waals surface area (Å²) in [6, 6.07) is 7.08. The van der Waals surface area contributed by atoms with E-state index in [0.717, 1.165) is 36.1 Å². The number of anilines is 2. The van der Waals surface area contributed by atoms with Crippen LogP contribution in [0.1, 0.15) is 47.0 Å². The molecule has 2 aliphatic rings. The summed E-state index contributed by atoms with van der Waals surface area (Å²) < 4.78 is 10.9. The van der Waals surface area contributed by atoms with Crippen molar-refractivity contribution in [2.75, 3.05) is 17.2 Å². The molecule has 0 fully saturated rings. The number of fused-ring (bicyclic) bond motifs is 2. The highest BCUT2D eigenvalue weighted by Crippen LogP contribution is 2.39. The first-order valence-corrected chi connectivity index (χ1v) is 10.6. The number of hydrogen-bond donors (Lipinski definition) is 2. The van der Waals surface area contributed by atoms with Gasteiger partial charge in [-0.15, -0.1) is 11.3 Å². The van der Waals surface area contributed by atoms with Gasteiger partial charge in [0.25, 0.3) is 5.91 Å². The average Bonchev–Trinajstić information content (AvgIpc) is 3.06. The highest BCUT2D eigenvalue weighted by molar-refractivity contribution is 7.17. The smallest absolute Gasteiger partial charge is 0.341 e. The van der Waals surface area contributed by atoms with E-state index in [1.165, 1.54) is 11.3 Å². The lowest BCUT2D eigenvalue weighted by atomic mass is 9.95. The molecule has 0 saturated carbocycles. The van der Waals surface area contributed by atoms with Gasteiger partial charge in [0.05, 0.1) is 24.3 Å². The van der Waals surface area contributed by atoms with Crippen LogP contribution < -0.4 is 15.4 Å². The van der Waals surface area contributed by atoms with Crippen molar-refractivity contribution in [3.05, 3.63) is 40.3 Å². The third-order valence-electron chi connectivity index (χ3n) is 4.98. The zero-order valence-electron chi connectivity index (χ0n) is 16.1. The van der Waals surface area contributed by atoms with Gasteiger partial charge in [-0.2, -0.15) is 0 Å². The second kappa shape index (κ2) is 8.24. The zero-order chi connectivity index (χ0) is 20.4. The summed E-state index contributed by atoms with van der Waals surface area (Å²) in [4.78, 5) is 38.6. The molecule has 152 valence electrons. The minimum absolute atomic E-state index is 0.148. The van der Waals surface area contributed by atoms with E-state index in [0.29, 0.717) is 22.0 Å². The lowest BCUT2D eigenvalue weighted by Crippen LogP contribution is -2.39. The number of ether oxygens (including phenoxy) is 2. The molecular weight excluding hydrogens is 392 g/mol. The van der Waals surface area contributed by atoms with Crippen LogP contribution in [0.25, 0.3) is 0 Å². The molecule has 0 spiro atoms. The zero-order valence-corrected chi connectivity index (χ0v) is 16.9. The number of hydrogen-bond acceptors (Lipinski definition) is 6. The fraction of sp³-hybridized carbons (Fsp3) is 0.381. The van der Waals surface area contributed by atoms with Crippen LogP contribution in [-0.2, 0) is 27.2 Å². The van der Waals surface area contributed by atoms with Gasteiger partial charge in [-0.25, -0.2) is 4.79 Å². The third kappa shape index (κ3) is 3.98. The Morgan fingerprint density at radius 3 is 2.90 bits per heavy atom. The number of benzene rings is 1. The Bertz CT molecular complexity index is 968.